The third-order valence-electron chi connectivity index (χ3n) is 2.48. The molecule has 0 aromatic heterocycles. The van der Waals surface area contributed by atoms with E-state index in [1.807, 2.05) is 24.3 Å². The molecule has 0 aliphatic carbocycles. The third kappa shape index (κ3) is 2.70. The van der Waals surface area contributed by atoms with Gasteiger partial charge in [-0.05, 0) is 17.7 Å². The van der Waals surface area contributed by atoms with E-state index in [1.165, 1.54) is 0 Å². The lowest BCUT2D eigenvalue weighted by molar-refractivity contribution is -0.117. The monoisotopic (exact) mass is 205 g/mol. The molecule has 2 rings (SSSR count). The van der Waals surface area contributed by atoms with Gasteiger partial charge in [0.25, 0.3) is 0 Å². The Morgan fingerprint density at radius 1 is 1.40 bits per heavy atom. The second-order valence-electron chi connectivity index (χ2n) is 3.84. The van der Waals surface area contributed by atoms with Crippen molar-refractivity contribution in [1.82, 2.24) is 5.32 Å². The Kier molecular flexibility index (Phi) is 2.87. The van der Waals surface area contributed by atoms with Crippen LogP contribution in [0.25, 0.3) is 0 Å². The molecule has 1 amide bonds. The van der Waals surface area contributed by atoms with Gasteiger partial charge in [0, 0.05) is 18.8 Å². The van der Waals surface area contributed by atoms with Crippen LogP contribution in [0.1, 0.15) is 5.56 Å². The molecule has 0 bridgehead atoms. The van der Waals surface area contributed by atoms with Crippen molar-refractivity contribution in [3.8, 4) is 0 Å². The summed E-state index contributed by atoms with van der Waals surface area (Å²) in [6, 6.07) is 8.36. The summed E-state index contributed by atoms with van der Waals surface area (Å²) in [4.78, 5) is 10.7. The Hall–Kier alpha value is -1.55. The summed E-state index contributed by atoms with van der Waals surface area (Å²) >= 11 is 0. The van der Waals surface area contributed by atoms with Crippen molar-refractivity contribution in [1.29, 1.82) is 0 Å². The predicted molar refractivity (Wildman–Crippen MR) is 59.6 cm³/mol. The van der Waals surface area contributed by atoms with E-state index in [9.17, 15) is 4.79 Å². The fourth-order valence-electron chi connectivity index (χ4n) is 1.55. The minimum absolute atomic E-state index is 0.293. The molecule has 15 heavy (non-hydrogen) atoms. The average molecular weight is 205 g/mol. The smallest absolute Gasteiger partial charge is 0.221 e. The summed E-state index contributed by atoms with van der Waals surface area (Å²) in [5, 5.41) is 6.58. The lowest BCUT2D eigenvalue weighted by Gasteiger charge is -2.29. The number of amides is 1. The van der Waals surface area contributed by atoms with Crippen molar-refractivity contribution in [3.05, 3.63) is 29.8 Å². The van der Waals surface area contributed by atoms with E-state index < -0.39 is 0 Å². The highest BCUT2D eigenvalue weighted by Gasteiger charge is 2.15. The molecular weight excluding hydrogens is 190 g/mol. The highest BCUT2D eigenvalue weighted by Crippen LogP contribution is 2.12. The first-order valence-corrected chi connectivity index (χ1v) is 5.08. The van der Waals surface area contributed by atoms with Crippen LogP contribution in [-0.4, -0.2) is 25.0 Å². The Labute approximate surface area is 88.9 Å². The van der Waals surface area contributed by atoms with Gasteiger partial charge in [-0.15, -0.1) is 0 Å². The molecule has 1 aromatic rings. The highest BCUT2D eigenvalue weighted by atomic mass is 16.1. The van der Waals surface area contributed by atoms with Gasteiger partial charge in [0.15, 0.2) is 0 Å². The molecular formula is C11H15N3O. The van der Waals surface area contributed by atoms with Crippen molar-refractivity contribution in [2.45, 2.75) is 12.5 Å². The van der Waals surface area contributed by atoms with Gasteiger partial charge in [0.2, 0.25) is 5.91 Å². The number of nitrogens with one attached hydrogen (secondary N) is 2. The summed E-state index contributed by atoms with van der Waals surface area (Å²) in [6.07, 6.45) is 0.311. The van der Waals surface area contributed by atoms with Gasteiger partial charge in [-0.3, -0.25) is 4.79 Å². The molecule has 0 unspecified atom stereocenters. The number of benzene rings is 1. The quantitative estimate of drug-likeness (QED) is 0.653. The van der Waals surface area contributed by atoms with Gasteiger partial charge in [-0.25, -0.2) is 0 Å². The summed E-state index contributed by atoms with van der Waals surface area (Å²) in [5.41, 5.74) is 7.16. The van der Waals surface area contributed by atoms with Gasteiger partial charge in [-0.2, -0.15) is 0 Å². The standard InChI is InChI=1S/C11H15N3O/c12-11(15)5-8-1-3-9(4-2-8)14-10-6-13-7-10/h1-4,10,13-14H,5-7H2,(H2,12,15). The van der Waals surface area contributed by atoms with E-state index in [-0.39, 0.29) is 5.91 Å². The highest BCUT2D eigenvalue weighted by molar-refractivity contribution is 5.76. The minimum Gasteiger partial charge on any atom is -0.380 e. The van der Waals surface area contributed by atoms with Gasteiger partial charge >= 0.3 is 0 Å². The Balaban J connectivity index is 1.93. The van der Waals surface area contributed by atoms with E-state index in [2.05, 4.69) is 10.6 Å². The number of nitrogens with two attached hydrogens (primary N) is 1. The van der Waals surface area contributed by atoms with Crippen LogP contribution in [0.15, 0.2) is 24.3 Å². The molecule has 4 heteroatoms. The molecule has 0 saturated carbocycles. The molecule has 4 N–H and O–H groups in total. The zero-order valence-electron chi connectivity index (χ0n) is 8.49. The van der Waals surface area contributed by atoms with Gasteiger partial charge in [0.05, 0.1) is 12.5 Å². The van der Waals surface area contributed by atoms with E-state index >= 15 is 0 Å². The second kappa shape index (κ2) is 4.31. The van der Waals surface area contributed by atoms with Crippen LogP contribution in [0.3, 0.4) is 0 Å². The number of carbonyl (C=O) groups is 1. The third-order valence-corrected chi connectivity index (χ3v) is 2.48. The van der Waals surface area contributed by atoms with Crippen molar-refractivity contribution in [2.24, 2.45) is 5.73 Å². The SMILES string of the molecule is NC(=O)Cc1ccc(NC2CNC2)cc1. The maximum Gasteiger partial charge on any atom is 0.221 e. The first-order chi connectivity index (χ1) is 7.24. The van der Waals surface area contributed by atoms with Crippen LogP contribution >= 0.6 is 0 Å². The lowest BCUT2D eigenvalue weighted by atomic mass is 10.1. The molecule has 0 radical (unpaired) electrons. The largest absolute Gasteiger partial charge is 0.380 e. The minimum atomic E-state index is -0.293. The molecule has 0 spiro atoms. The van der Waals surface area contributed by atoms with Crippen LogP contribution in [0.4, 0.5) is 5.69 Å². The van der Waals surface area contributed by atoms with Crippen molar-refractivity contribution in [2.75, 3.05) is 18.4 Å². The number of carbonyl (C=O) groups excluding carboxylic acids is 1. The molecule has 1 saturated heterocycles. The number of rotatable bonds is 4. The van der Waals surface area contributed by atoms with Crippen LogP contribution in [-0.2, 0) is 11.2 Å². The molecule has 1 aromatic carbocycles. The van der Waals surface area contributed by atoms with Gasteiger partial charge < -0.3 is 16.4 Å². The Morgan fingerprint density at radius 2 is 2.07 bits per heavy atom. The van der Waals surface area contributed by atoms with Crippen LogP contribution in [0.2, 0.25) is 0 Å². The van der Waals surface area contributed by atoms with Crippen molar-refractivity contribution < 1.29 is 4.79 Å². The van der Waals surface area contributed by atoms with E-state index in [0.717, 1.165) is 24.3 Å². The normalized spacial score (nSPS) is 15.7. The number of hydrogen-bond acceptors (Lipinski definition) is 3. The van der Waals surface area contributed by atoms with E-state index in [4.69, 9.17) is 5.73 Å². The maximum atomic E-state index is 10.7. The molecule has 0 atom stereocenters. The van der Waals surface area contributed by atoms with Crippen LogP contribution < -0.4 is 16.4 Å². The molecule has 1 aliphatic heterocycles. The average Bonchev–Trinajstić information content (AvgIpc) is 2.13. The predicted octanol–water partition coefficient (Wildman–Crippen LogP) is 0.0981. The van der Waals surface area contributed by atoms with Gasteiger partial charge in [-0.1, -0.05) is 12.1 Å². The molecule has 80 valence electrons. The molecule has 1 heterocycles. The van der Waals surface area contributed by atoms with Crippen molar-refractivity contribution in [3.63, 3.8) is 0 Å². The fraction of sp³-hybridized carbons (Fsp3) is 0.364. The lowest BCUT2D eigenvalue weighted by Crippen LogP contribution is -2.51. The fourth-order valence-corrected chi connectivity index (χ4v) is 1.55. The van der Waals surface area contributed by atoms with Gasteiger partial charge in [0.1, 0.15) is 0 Å². The molecule has 1 fully saturated rings. The molecule has 4 nitrogen and oxygen atoms in total. The Morgan fingerprint density at radius 3 is 2.53 bits per heavy atom. The van der Waals surface area contributed by atoms with Crippen molar-refractivity contribution >= 4 is 11.6 Å². The number of hydrogen-bond donors (Lipinski definition) is 3. The second-order valence-corrected chi connectivity index (χ2v) is 3.84. The first-order valence-electron chi connectivity index (χ1n) is 5.08. The summed E-state index contributed by atoms with van der Waals surface area (Å²) in [6.45, 7) is 2.03. The van der Waals surface area contributed by atoms with E-state index in [1.54, 1.807) is 0 Å². The zero-order valence-corrected chi connectivity index (χ0v) is 8.49. The summed E-state index contributed by atoms with van der Waals surface area (Å²) < 4.78 is 0. The van der Waals surface area contributed by atoms with Crippen LogP contribution in [0, 0.1) is 0 Å². The molecule has 1 aliphatic rings. The zero-order chi connectivity index (χ0) is 10.7. The first kappa shape index (κ1) is 9.98. The summed E-state index contributed by atoms with van der Waals surface area (Å²) in [5.74, 6) is -0.293. The summed E-state index contributed by atoms with van der Waals surface area (Å²) in [7, 11) is 0. The van der Waals surface area contributed by atoms with Crippen LogP contribution in [0.5, 0.6) is 0 Å². The Bertz CT molecular complexity index is 343. The maximum absolute atomic E-state index is 10.7. The topological polar surface area (TPSA) is 67.2 Å². The van der Waals surface area contributed by atoms with E-state index in [0.29, 0.717) is 12.5 Å². The number of primary amides is 1. The number of anilines is 1.